The smallest absolute Gasteiger partial charge is 0.335 e. The molecule has 0 saturated carbocycles. The first-order chi connectivity index (χ1) is 24.7. The summed E-state index contributed by atoms with van der Waals surface area (Å²) in [5, 5.41) is 26.7. The van der Waals surface area contributed by atoms with Crippen LogP contribution in [0.5, 0.6) is 11.5 Å². The Hall–Kier alpha value is -5.29. The highest BCUT2D eigenvalue weighted by molar-refractivity contribution is 7.59. The molecule has 0 aliphatic carbocycles. The maximum Gasteiger partial charge on any atom is 0.335 e. The van der Waals surface area contributed by atoms with Crippen LogP contribution in [0.2, 0.25) is 0 Å². The zero-order valence-corrected chi connectivity index (χ0v) is 32.5. The Kier molecular flexibility index (Phi) is 11.2. The molecule has 0 spiro atoms. The number of imidazole rings is 2. The van der Waals surface area contributed by atoms with E-state index in [-0.39, 0.29) is 81.5 Å². The normalized spacial score (nSPS) is 16.0. The number of aryl methyl sites for hydroxylation is 2. The first-order valence-electron chi connectivity index (χ1n) is 17.1. The summed E-state index contributed by atoms with van der Waals surface area (Å²) in [6.07, 6.45) is 5.03. The lowest BCUT2D eigenvalue weighted by Crippen LogP contribution is -2.31. The fourth-order valence-electron chi connectivity index (χ4n) is 6.77. The number of ether oxygens (including phenoxy) is 2. The van der Waals surface area contributed by atoms with Crippen LogP contribution in [0.4, 0.5) is 5.95 Å². The highest BCUT2D eigenvalue weighted by Gasteiger charge is 2.32. The van der Waals surface area contributed by atoms with Crippen molar-refractivity contribution in [3.8, 4) is 11.5 Å². The van der Waals surface area contributed by atoms with Crippen LogP contribution in [-0.2, 0) is 17.8 Å². The number of nitrogens with one attached hydrogen (secondary N) is 1. The monoisotopic (exact) mass is 777 g/mol. The van der Waals surface area contributed by atoms with Crippen molar-refractivity contribution in [1.29, 1.82) is 0 Å². The van der Waals surface area contributed by atoms with Crippen LogP contribution in [0.25, 0.3) is 22.1 Å². The molecule has 2 aliphatic heterocycles. The SMILES string of the molecule is CCn1nc(C)cc1C(=O)Cc1nc2cc(C(=O)O)cc3c2n1[C@@H](C/C=C/C[C@H]1COc2cc(C(=O)O)cc4nc(NC(=O)C(C)(C)C)n1c24)CO3.S.S. The van der Waals surface area contributed by atoms with Crippen molar-refractivity contribution in [2.45, 2.75) is 72.5 Å². The molecule has 1 amide bonds. The molecular formula is C37H43N7O8S2. The number of carbonyl (C=O) groups excluding carboxylic acids is 2. The highest BCUT2D eigenvalue weighted by Crippen LogP contribution is 2.40. The number of benzene rings is 2. The van der Waals surface area contributed by atoms with Crippen molar-refractivity contribution >= 4 is 78.6 Å². The third-order valence-corrected chi connectivity index (χ3v) is 9.36. The molecule has 54 heavy (non-hydrogen) atoms. The molecule has 5 aromatic rings. The van der Waals surface area contributed by atoms with Crippen molar-refractivity contribution < 1.29 is 38.9 Å². The molecule has 0 bridgehead atoms. The number of carboxylic acid groups (broad SMARTS) is 2. The molecule has 7 rings (SSSR count). The Balaban J connectivity index is 0.00000280. The van der Waals surface area contributed by atoms with E-state index in [9.17, 15) is 29.4 Å². The van der Waals surface area contributed by atoms with Crippen molar-refractivity contribution in [1.82, 2.24) is 28.9 Å². The van der Waals surface area contributed by atoms with Gasteiger partial charge in [0.25, 0.3) is 0 Å². The summed E-state index contributed by atoms with van der Waals surface area (Å²) in [5.74, 6) is -0.997. The Bertz CT molecular complexity index is 2340. The second-order valence-electron chi connectivity index (χ2n) is 14.2. The number of nitrogens with zero attached hydrogens (tertiary/aromatic N) is 6. The number of amides is 1. The number of hydrogen-bond donors (Lipinski definition) is 3. The second-order valence-corrected chi connectivity index (χ2v) is 14.2. The van der Waals surface area contributed by atoms with Crippen molar-refractivity contribution in [3.63, 3.8) is 0 Å². The molecule has 2 atom stereocenters. The Labute approximate surface area is 324 Å². The van der Waals surface area contributed by atoms with Gasteiger partial charge in [-0.3, -0.25) is 24.2 Å². The number of rotatable bonds is 11. The minimum Gasteiger partial charge on any atom is -0.489 e. The van der Waals surface area contributed by atoms with E-state index >= 15 is 0 Å². The Morgan fingerprint density at radius 2 is 1.39 bits per heavy atom. The van der Waals surface area contributed by atoms with Gasteiger partial charge in [-0.05, 0) is 57.0 Å². The van der Waals surface area contributed by atoms with E-state index in [1.165, 1.54) is 24.3 Å². The van der Waals surface area contributed by atoms with Crippen LogP contribution in [0, 0.1) is 12.3 Å². The van der Waals surface area contributed by atoms with Gasteiger partial charge in [-0.1, -0.05) is 32.9 Å². The zero-order valence-electron chi connectivity index (χ0n) is 30.5. The molecule has 2 aliphatic rings. The molecular weight excluding hydrogens is 735 g/mol. The summed E-state index contributed by atoms with van der Waals surface area (Å²) >= 11 is 0. The van der Waals surface area contributed by atoms with Gasteiger partial charge in [0.1, 0.15) is 47.3 Å². The number of ketones is 1. The van der Waals surface area contributed by atoms with Crippen LogP contribution in [0.15, 0.2) is 42.5 Å². The predicted octanol–water partition coefficient (Wildman–Crippen LogP) is 5.85. The van der Waals surface area contributed by atoms with E-state index in [1.807, 2.05) is 35.1 Å². The van der Waals surface area contributed by atoms with Crippen LogP contribution < -0.4 is 14.8 Å². The Morgan fingerprint density at radius 1 is 0.852 bits per heavy atom. The van der Waals surface area contributed by atoms with Gasteiger partial charge in [0, 0.05) is 12.0 Å². The fourth-order valence-corrected chi connectivity index (χ4v) is 6.77. The lowest BCUT2D eigenvalue weighted by atomic mass is 9.96. The van der Waals surface area contributed by atoms with Crippen molar-refractivity contribution in [2.75, 3.05) is 18.5 Å². The molecule has 0 unspecified atom stereocenters. The van der Waals surface area contributed by atoms with Crippen molar-refractivity contribution in [2.24, 2.45) is 5.41 Å². The maximum atomic E-state index is 13.6. The van der Waals surface area contributed by atoms with E-state index in [2.05, 4.69) is 15.4 Å². The number of aromatic carboxylic acids is 2. The Morgan fingerprint density at radius 3 is 1.93 bits per heavy atom. The van der Waals surface area contributed by atoms with Gasteiger partial charge in [0.05, 0.1) is 46.4 Å². The van der Waals surface area contributed by atoms with E-state index in [0.717, 1.165) is 5.69 Å². The summed E-state index contributed by atoms with van der Waals surface area (Å²) < 4.78 is 17.7. The number of aromatic nitrogens is 6. The minimum atomic E-state index is -1.11. The topological polar surface area (TPSA) is 193 Å². The third-order valence-electron chi connectivity index (χ3n) is 9.36. The molecule has 3 N–H and O–H groups in total. The van der Waals surface area contributed by atoms with Crippen LogP contribution in [0.3, 0.4) is 0 Å². The van der Waals surface area contributed by atoms with Crippen molar-refractivity contribution in [3.05, 3.63) is 70.8 Å². The molecule has 2 aromatic carbocycles. The molecule has 0 radical (unpaired) electrons. The van der Waals surface area contributed by atoms with Crippen LogP contribution >= 0.6 is 27.0 Å². The van der Waals surface area contributed by atoms with Crippen LogP contribution in [0.1, 0.15) is 95.3 Å². The lowest BCUT2D eigenvalue weighted by molar-refractivity contribution is -0.123. The van der Waals surface area contributed by atoms with Gasteiger partial charge in [0.2, 0.25) is 11.9 Å². The second kappa shape index (κ2) is 15.2. The highest BCUT2D eigenvalue weighted by atomic mass is 32.1. The first-order valence-corrected chi connectivity index (χ1v) is 17.1. The molecule has 0 saturated heterocycles. The molecule has 15 nitrogen and oxygen atoms in total. The van der Waals surface area contributed by atoms with Gasteiger partial charge in [0.15, 0.2) is 5.78 Å². The summed E-state index contributed by atoms with van der Waals surface area (Å²) in [4.78, 5) is 59.7. The van der Waals surface area contributed by atoms with E-state index < -0.39 is 17.4 Å². The molecule has 286 valence electrons. The fraction of sp³-hybridized carbons (Fsp3) is 0.378. The van der Waals surface area contributed by atoms with E-state index in [1.54, 1.807) is 31.5 Å². The number of Topliss-reactive ketones (excluding diaryl/α,β-unsaturated/α-hetero) is 1. The minimum absolute atomic E-state index is 0. The largest absolute Gasteiger partial charge is 0.489 e. The number of hydrogen-bond acceptors (Lipinski definition) is 9. The van der Waals surface area contributed by atoms with E-state index in [0.29, 0.717) is 70.4 Å². The average Bonchev–Trinajstić information content (AvgIpc) is 3.78. The molecule has 5 heterocycles. The summed E-state index contributed by atoms with van der Waals surface area (Å²) in [6, 6.07) is 7.16. The zero-order chi connectivity index (χ0) is 37.1. The van der Waals surface area contributed by atoms with Gasteiger partial charge >= 0.3 is 11.9 Å². The summed E-state index contributed by atoms with van der Waals surface area (Å²) in [5.41, 5.74) is 2.69. The average molecular weight is 778 g/mol. The van der Waals surface area contributed by atoms with Gasteiger partial charge in [-0.2, -0.15) is 32.1 Å². The molecule has 3 aromatic heterocycles. The first kappa shape index (κ1) is 39.9. The lowest BCUT2D eigenvalue weighted by Gasteiger charge is -2.28. The number of carboxylic acids is 2. The quantitative estimate of drug-likeness (QED) is 0.108. The molecule has 17 heteroatoms. The predicted molar refractivity (Wildman–Crippen MR) is 210 cm³/mol. The number of carbonyl (C=O) groups is 4. The molecule has 0 fully saturated rings. The number of anilines is 1. The number of allylic oxidation sites excluding steroid dienone is 2. The van der Waals surface area contributed by atoms with Gasteiger partial charge in [-0.25, -0.2) is 19.6 Å². The van der Waals surface area contributed by atoms with Gasteiger partial charge < -0.3 is 24.3 Å². The van der Waals surface area contributed by atoms with E-state index in [4.69, 9.17) is 14.5 Å². The maximum absolute atomic E-state index is 13.6. The van der Waals surface area contributed by atoms with Crippen LogP contribution in [-0.4, -0.2) is 75.9 Å². The summed E-state index contributed by atoms with van der Waals surface area (Å²) in [7, 11) is 0. The van der Waals surface area contributed by atoms with Gasteiger partial charge in [-0.15, -0.1) is 0 Å². The standard InChI is InChI=1S/C37H39N7O8.2H2S/c1-6-42-26(11-19(2)41-42)27(45)16-30-38-24-12-20(33(46)47)14-28-31(24)43(30)22(17-51-28)9-7-8-10-23-18-52-29-15-21(34(48)49)13-25-32(29)44(23)36(39-25)40-35(50)37(3,4)5;;/h7-8,11-15,22-23H,6,9-10,16-18H2,1-5H3,(H,46,47)(H,48,49)(H,39,40,50);2*1H2/b8-7+;;/t22-,23-;;/m0../s1. The third kappa shape index (κ3) is 7.29. The summed E-state index contributed by atoms with van der Waals surface area (Å²) in [6.45, 7) is 10.1.